The summed E-state index contributed by atoms with van der Waals surface area (Å²) in [5.74, 6) is 0.471. The molecule has 1 amide bonds. The molecule has 0 atom stereocenters. The van der Waals surface area contributed by atoms with E-state index in [1.54, 1.807) is 7.11 Å². The number of carbonyl (C=O) groups is 1. The van der Waals surface area contributed by atoms with Gasteiger partial charge < -0.3 is 10.1 Å². The third-order valence-electron chi connectivity index (χ3n) is 4.01. The van der Waals surface area contributed by atoms with Gasteiger partial charge >= 0.3 is 0 Å². The Labute approximate surface area is 147 Å². The number of hydrogen-bond acceptors (Lipinski definition) is 3. The summed E-state index contributed by atoms with van der Waals surface area (Å²) >= 11 is 0. The Morgan fingerprint density at radius 3 is 2.48 bits per heavy atom. The third-order valence-corrected chi connectivity index (χ3v) is 4.01. The molecular formula is C20H21N3O2. The molecule has 25 heavy (non-hydrogen) atoms. The molecular weight excluding hydrogens is 314 g/mol. The van der Waals surface area contributed by atoms with Crippen LogP contribution in [-0.2, 0) is 6.54 Å². The number of anilines is 1. The van der Waals surface area contributed by atoms with Crippen LogP contribution in [0.4, 0.5) is 5.69 Å². The van der Waals surface area contributed by atoms with E-state index in [2.05, 4.69) is 16.5 Å². The predicted octanol–water partition coefficient (Wildman–Crippen LogP) is 3.81. The zero-order valence-electron chi connectivity index (χ0n) is 14.6. The van der Waals surface area contributed by atoms with Gasteiger partial charge in [-0.15, -0.1) is 0 Å². The van der Waals surface area contributed by atoms with Crippen LogP contribution in [-0.4, -0.2) is 22.8 Å². The summed E-state index contributed by atoms with van der Waals surface area (Å²) < 4.78 is 7.21. The van der Waals surface area contributed by atoms with Gasteiger partial charge in [-0.3, -0.25) is 9.48 Å². The highest BCUT2D eigenvalue weighted by atomic mass is 16.5. The number of benzene rings is 2. The van der Waals surface area contributed by atoms with Crippen LogP contribution >= 0.6 is 0 Å². The Balaban J connectivity index is 1.71. The molecule has 1 N–H and O–H groups in total. The van der Waals surface area contributed by atoms with Crippen molar-refractivity contribution in [2.75, 3.05) is 12.4 Å². The Hall–Kier alpha value is -3.08. The number of aromatic nitrogens is 2. The quantitative estimate of drug-likeness (QED) is 0.771. The first-order valence-electron chi connectivity index (χ1n) is 8.11. The topological polar surface area (TPSA) is 56.1 Å². The van der Waals surface area contributed by atoms with Crippen molar-refractivity contribution in [2.24, 2.45) is 0 Å². The van der Waals surface area contributed by atoms with Crippen LogP contribution in [0, 0.1) is 13.8 Å². The fraction of sp³-hybridized carbons (Fsp3) is 0.200. The summed E-state index contributed by atoms with van der Waals surface area (Å²) in [6.45, 7) is 4.71. The molecule has 0 aliphatic carbocycles. The highest BCUT2D eigenvalue weighted by Crippen LogP contribution is 2.23. The van der Waals surface area contributed by atoms with E-state index in [1.807, 2.05) is 67.1 Å². The lowest BCUT2D eigenvalue weighted by atomic mass is 10.1. The van der Waals surface area contributed by atoms with E-state index < -0.39 is 0 Å². The van der Waals surface area contributed by atoms with Gasteiger partial charge in [0.15, 0.2) is 0 Å². The normalized spacial score (nSPS) is 10.5. The second kappa shape index (κ2) is 7.21. The summed E-state index contributed by atoms with van der Waals surface area (Å²) in [7, 11) is 1.58. The molecule has 0 bridgehead atoms. The van der Waals surface area contributed by atoms with Crippen molar-refractivity contribution in [3.8, 4) is 5.75 Å². The SMILES string of the molecule is COc1ccccc1NC(=O)c1ccc(Cn2nc(C)cc2C)cc1. The number of aryl methyl sites for hydroxylation is 2. The molecule has 0 fully saturated rings. The maximum Gasteiger partial charge on any atom is 0.255 e. The van der Waals surface area contributed by atoms with Crippen molar-refractivity contribution in [1.29, 1.82) is 0 Å². The van der Waals surface area contributed by atoms with Crippen LogP contribution in [0.5, 0.6) is 5.75 Å². The number of rotatable bonds is 5. The van der Waals surface area contributed by atoms with Gasteiger partial charge in [-0.25, -0.2) is 0 Å². The van der Waals surface area contributed by atoms with Gasteiger partial charge in [0.2, 0.25) is 0 Å². The van der Waals surface area contributed by atoms with Crippen molar-refractivity contribution in [1.82, 2.24) is 9.78 Å². The Morgan fingerprint density at radius 2 is 1.84 bits per heavy atom. The molecule has 0 saturated carbocycles. The number of ether oxygens (including phenoxy) is 1. The number of methoxy groups -OCH3 is 1. The van der Waals surface area contributed by atoms with Crippen molar-refractivity contribution < 1.29 is 9.53 Å². The number of nitrogens with one attached hydrogen (secondary N) is 1. The Bertz CT molecular complexity index is 882. The van der Waals surface area contributed by atoms with Crippen molar-refractivity contribution in [3.05, 3.63) is 77.1 Å². The molecule has 0 aliphatic heterocycles. The fourth-order valence-corrected chi connectivity index (χ4v) is 2.71. The minimum Gasteiger partial charge on any atom is -0.495 e. The monoisotopic (exact) mass is 335 g/mol. The highest BCUT2D eigenvalue weighted by Gasteiger charge is 2.10. The maximum atomic E-state index is 12.4. The van der Waals surface area contributed by atoms with Gasteiger partial charge in [0, 0.05) is 11.3 Å². The lowest BCUT2D eigenvalue weighted by Gasteiger charge is -2.10. The third kappa shape index (κ3) is 3.88. The Morgan fingerprint density at radius 1 is 1.12 bits per heavy atom. The molecule has 5 heteroatoms. The Kier molecular flexibility index (Phi) is 4.84. The zero-order valence-corrected chi connectivity index (χ0v) is 14.6. The smallest absolute Gasteiger partial charge is 0.255 e. The second-order valence-corrected chi connectivity index (χ2v) is 5.94. The average Bonchev–Trinajstić information content (AvgIpc) is 2.93. The molecule has 1 heterocycles. The molecule has 5 nitrogen and oxygen atoms in total. The van der Waals surface area contributed by atoms with E-state index in [1.165, 1.54) is 0 Å². The van der Waals surface area contributed by atoms with E-state index in [0.717, 1.165) is 17.0 Å². The maximum absolute atomic E-state index is 12.4. The number of hydrogen-bond donors (Lipinski definition) is 1. The molecule has 0 aliphatic rings. The molecule has 2 aromatic carbocycles. The van der Waals surface area contributed by atoms with Gasteiger partial charge in [-0.05, 0) is 49.7 Å². The van der Waals surface area contributed by atoms with E-state index in [4.69, 9.17) is 4.74 Å². The van der Waals surface area contributed by atoms with E-state index in [0.29, 0.717) is 23.5 Å². The summed E-state index contributed by atoms with van der Waals surface area (Å²) in [6.07, 6.45) is 0. The molecule has 128 valence electrons. The van der Waals surface area contributed by atoms with Crippen LogP contribution in [0.15, 0.2) is 54.6 Å². The second-order valence-electron chi connectivity index (χ2n) is 5.94. The zero-order chi connectivity index (χ0) is 17.8. The lowest BCUT2D eigenvalue weighted by molar-refractivity contribution is 0.102. The van der Waals surface area contributed by atoms with E-state index in [-0.39, 0.29) is 5.91 Å². The first-order chi connectivity index (χ1) is 12.1. The lowest BCUT2D eigenvalue weighted by Crippen LogP contribution is -2.13. The van der Waals surface area contributed by atoms with Gasteiger partial charge in [-0.1, -0.05) is 24.3 Å². The van der Waals surface area contributed by atoms with E-state index >= 15 is 0 Å². The summed E-state index contributed by atoms with van der Waals surface area (Å²) in [5, 5.41) is 7.34. The fourth-order valence-electron chi connectivity index (χ4n) is 2.71. The highest BCUT2D eigenvalue weighted by molar-refractivity contribution is 6.05. The first-order valence-corrected chi connectivity index (χ1v) is 8.11. The van der Waals surface area contributed by atoms with Crippen LogP contribution in [0.3, 0.4) is 0 Å². The largest absolute Gasteiger partial charge is 0.495 e. The van der Waals surface area contributed by atoms with Gasteiger partial charge in [0.05, 0.1) is 25.0 Å². The standard InChI is InChI=1S/C20H21N3O2/c1-14-12-15(2)23(22-14)13-16-8-10-17(11-9-16)20(24)21-18-6-4-5-7-19(18)25-3/h4-12H,13H2,1-3H3,(H,21,24). The molecule has 3 aromatic rings. The molecule has 0 radical (unpaired) electrons. The number of amides is 1. The van der Waals surface area contributed by atoms with Gasteiger partial charge in [0.1, 0.15) is 5.75 Å². The summed E-state index contributed by atoms with van der Waals surface area (Å²) in [4.78, 5) is 12.4. The van der Waals surface area contributed by atoms with Gasteiger partial charge in [-0.2, -0.15) is 5.10 Å². The number of nitrogens with zero attached hydrogens (tertiary/aromatic N) is 2. The molecule has 0 unspecified atom stereocenters. The molecule has 1 aromatic heterocycles. The van der Waals surface area contributed by atoms with E-state index in [9.17, 15) is 4.79 Å². The van der Waals surface area contributed by atoms with Crippen LogP contribution in [0.25, 0.3) is 0 Å². The first kappa shape index (κ1) is 16.8. The summed E-state index contributed by atoms with van der Waals surface area (Å²) in [5.41, 5.74) is 4.48. The summed E-state index contributed by atoms with van der Waals surface area (Å²) in [6, 6.07) is 17.0. The molecule has 0 saturated heterocycles. The van der Waals surface area contributed by atoms with Crippen LogP contribution in [0.2, 0.25) is 0 Å². The minimum atomic E-state index is -0.165. The molecule has 0 spiro atoms. The van der Waals surface area contributed by atoms with Crippen molar-refractivity contribution >= 4 is 11.6 Å². The van der Waals surface area contributed by atoms with Crippen molar-refractivity contribution in [3.63, 3.8) is 0 Å². The number of para-hydroxylation sites is 2. The molecule has 3 rings (SSSR count). The van der Waals surface area contributed by atoms with Gasteiger partial charge in [0.25, 0.3) is 5.91 Å². The predicted molar refractivity (Wildman–Crippen MR) is 98.2 cm³/mol. The van der Waals surface area contributed by atoms with Crippen molar-refractivity contribution in [2.45, 2.75) is 20.4 Å². The average molecular weight is 335 g/mol. The number of carbonyl (C=O) groups excluding carboxylic acids is 1. The van der Waals surface area contributed by atoms with Crippen LogP contribution in [0.1, 0.15) is 27.3 Å². The minimum absolute atomic E-state index is 0.165. The van der Waals surface area contributed by atoms with Crippen LogP contribution < -0.4 is 10.1 Å².